The summed E-state index contributed by atoms with van der Waals surface area (Å²) in [6.07, 6.45) is 8.38. The number of thiazole rings is 2. The Hall–Kier alpha value is -9.45. The molecule has 0 unspecified atom stereocenters. The molecule has 0 bridgehead atoms. The smallest absolute Gasteiger partial charge is 0.263 e. The molecule has 14 rings (SSSR count). The molecule has 3 amide bonds. The number of rotatable bonds is 19. The van der Waals surface area contributed by atoms with E-state index >= 15 is 0 Å². The van der Waals surface area contributed by atoms with E-state index in [-0.39, 0.29) is 75.0 Å². The minimum atomic E-state index is -3.79. The Bertz CT molecular complexity index is 4970. The lowest BCUT2D eigenvalue weighted by atomic mass is 9.94. The third-order valence-electron chi connectivity index (χ3n) is 19.1. The van der Waals surface area contributed by atoms with Gasteiger partial charge < -0.3 is 34.3 Å². The number of nitrogens with zero attached hydrogens (tertiary/aromatic N) is 13. The van der Waals surface area contributed by atoms with Crippen LogP contribution < -0.4 is 38.7 Å². The van der Waals surface area contributed by atoms with Crippen molar-refractivity contribution in [1.82, 2.24) is 34.9 Å². The van der Waals surface area contributed by atoms with Gasteiger partial charge in [-0.1, -0.05) is 55.2 Å². The standard InChI is InChI=1S/C27H30ClN5O4S2.C26H29ClN6O3S.C21H21N5O2S2.5H2/c1-18(2)25(33-12-3-4-19-16-20(28)5-10-23(19)33)26(35)31-13-14-32(24(34)17-31)21-6-8-22(9-7-21)39(36,37)30-27-29-11-15-38-27;1-19(33-13-3-4-20-18-21(27)6-11-24(20)33)26(34)32-16-14-31(15-17-32)22-7-9-23(10-8-22)37(35,36)30-25-5-2-12-28-29-25;22-15-17-3-1-2-4-18(17)16-25-10-12-26(13-11-25)19-5-7-20(8-6-19)30(27,28)24-21-23-9-14-29-21;;;;;/h5-11,15-16,18,25H,3-4,12-14,17H2,1-2H3,(H,29,30);2,5-12,18-19H,3-4,13-17H2,1H3,(H,29,30);1-9,14H,10-13,16H2,(H,23,24);5*1H/t25-;19-;;;;;;/m11....../s1. The maximum atomic E-state index is 13.8. The van der Waals surface area contributed by atoms with Crippen molar-refractivity contribution in [3.8, 4) is 6.07 Å². The van der Waals surface area contributed by atoms with Gasteiger partial charge in [0.25, 0.3) is 30.1 Å². The molecule has 3 fully saturated rings. The SMILES string of the molecule is CC(C)[C@H](C(=O)N1CCN(c2ccc(S(=O)(=O)Nc3nccs3)cc2)C(=O)C1)N1CCCc2cc(Cl)ccc21.C[C@H](C(=O)N1CCN(c2ccc(S(=O)(=O)Nc3cccnn3)cc2)CC1)N1CCCc2cc(Cl)ccc21.N#Cc1ccccc1CN1CCN(c2ccc(S(=O)(=O)Nc3nccs3)cc2)CC1.[HH].[HH].[HH].[HH].[HH]. The maximum absolute atomic E-state index is 13.8. The zero-order valence-corrected chi connectivity index (χ0v) is 64.1. The number of aryl methyl sites for hydroxylation is 2. The third kappa shape index (κ3) is 18.5. The number of fused-ring (bicyclic) bond motifs is 2. The Morgan fingerprint density at radius 2 is 1.06 bits per heavy atom. The van der Waals surface area contributed by atoms with Gasteiger partial charge in [-0.25, -0.2) is 35.2 Å². The molecule has 0 radical (unpaired) electrons. The lowest BCUT2D eigenvalue weighted by Crippen LogP contribution is -2.59. The zero-order valence-electron chi connectivity index (χ0n) is 58.5. The third-order valence-corrected chi connectivity index (χ3v) is 25.3. The monoisotopic (exact) mass is 1580 g/mol. The second-order valence-corrected chi connectivity index (χ2v) is 33.9. The number of hydrogen-bond acceptors (Lipinski definition) is 21. The van der Waals surface area contributed by atoms with Crippen LogP contribution in [0.5, 0.6) is 0 Å². The molecule has 564 valence electrons. The molecule has 5 aliphatic rings. The highest BCUT2D eigenvalue weighted by molar-refractivity contribution is 7.93. The largest absolute Gasteiger partial charge is 0.369 e. The number of hydrogen-bond donors (Lipinski definition) is 3. The Morgan fingerprint density at radius 1 is 0.557 bits per heavy atom. The van der Waals surface area contributed by atoms with Crippen LogP contribution in [-0.2, 0) is 63.8 Å². The minimum absolute atomic E-state index is 0. The molecular formula is C74H90Cl2N16O9S5. The van der Waals surface area contributed by atoms with Crippen LogP contribution in [0.1, 0.15) is 63.0 Å². The number of anilines is 8. The Kier molecular flexibility index (Phi) is 24.4. The molecule has 8 heterocycles. The van der Waals surface area contributed by atoms with Gasteiger partial charge in [0.1, 0.15) is 18.6 Å². The van der Waals surface area contributed by atoms with E-state index in [0.717, 1.165) is 116 Å². The van der Waals surface area contributed by atoms with Gasteiger partial charge in [-0.2, -0.15) is 10.4 Å². The second-order valence-electron chi connectivity index (χ2n) is 26.2. The number of aromatic nitrogens is 4. The molecule has 0 saturated carbocycles. The maximum Gasteiger partial charge on any atom is 0.263 e. The summed E-state index contributed by atoms with van der Waals surface area (Å²) < 4.78 is 82.9. The summed E-state index contributed by atoms with van der Waals surface area (Å²) in [7, 11) is -11.2. The topological polar surface area (TPSA) is 291 Å². The molecule has 3 aromatic heterocycles. The predicted molar refractivity (Wildman–Crippen MR) is 427 cm³/mol. The Balaban J connectivity index is 0.000000228. The van der Waals surface area contributed by atoms with Gasteiger partial charge in [0.15, 0.2) is 16.1 Å². The number of benzene rings is 6. The van der Waals surface area contributed by atoms with Crippen molar-refractivity contribution < 1.29 is 46.8 Å². The fourth-order valence-corrected chi connectivity index (χ4v) is 18.6. The highest BCUT2D eigenvalue weighted by Gasteiger charge is 2.39. The molecule has 6 aromatic carbocycles. The highest BCUT2D eigenvalue weighted by atomic mass is 35.5. The van der Waals surface area contributed by atoms with E-state index in [4.69, 9.17) is 23.2 Å². The molecule has 0 aliphatic carbocycles. The van der Waals surface area contributed by atoms with E-state index in [1.807, 2.05) is 98.5 Å². The van der Waals surface area contributed by atoms with E-state index in [1.54, 1.807) is 87.4 Å². The van der Waals surface area contributed by atoms with Crippen LogP contribution in [0, 0.1) is 17.2 Å². The average Bonchev–Trinajstić information content (AvgIpc) is 1.36. The molecular weight excluding hydrogens is 1490 g/mol. The van der Waals surface area contributed by atoms with Gasteiger partial charge in [-0.3, -0.25) is 33.4 Å². The van der Waals surface area contributed by atoms with Crippen molar-refractivity contribution in [1.29, 1.82) is 5.26 Å². The first kappa shape index (κ1) is 76.2. The summed E-state index contributed by atoms with van der Waals surface area (Å²) in [6, 6.07) is 44.0. The molecule has 0 spiro atoms. The first-order chi connectivity index (χ1) is 51.0. The summed E-state index contributed by atoms with van der Waals surface area (Å²) >= 11 is 14.8. The first-order valence-corrected chi connectivity index (χ1v) is 41.6. The van der Waals surface area contributed by atoms with Crippen LogP contribution in [0.15, 0.2) is 190 Å². The fraction of sp³-hybridized carbons (Fsp3) is 0.324. The van der Waals surface area contributed by atoms with Gasteiger partial charge in [0.2, 0.25) is 17.7 Å². The number of piperazine rings is 3. The summed E-state index contributed by atoms with van der Waals surface area (Å²) in [5.41, 5.74) is 8.74. The number of halogens is 2. The van der Waals surface area contributed by atoms with Crippen LogP contribution in [0.25, 0.3) is 0 Å². The van der Waals surface area contributed by atoms with Gasteiger partial charge in [-0.05, 0) is 183 Å². The highest BCUT2D eigenvalue weighted by Crippen LogP contribution is 2.36. The van der Waals surface area contributed by atoms with E-state index < -0.39 is 30.1 Å². The number of amides is 3. The quantitative estimate of drug-likeness (QED) is 0.0678. The van der Waals surface area contributed by atoms with Crippen molar-refractivity contribution in [2.45, 2.75) is 79.8 Å². The van der Waals surface area contributed by atoms with Crippen molar-refractivity contribution >= 4 is 138 Å². The number of nitrogens with one attached hydrogen (secondary N) is 3. The van der Waals surface area contributed by atoms with Crippen molar-refractivity contribution in [2.24, 2.45) is 5.92 Å². The molecule has 32 heteroatoms. The number of nitriles is 1. The van der Waals surface area contributed by atoms with Crippen LogP contribution >= 0.6 is 45.9 Å². The molecule has 25 nitrogen and oxygen atoms in total. The zero-order chi connectivity index (χ0) is 74.7. The van der Waals surface area contributed by atoms with E-state index in [1.165, 1.54) is 52.8 Å². The van der Waals surface area contributed by atoms with Crippen molar-refractivity contribution in [2.75, 3.05) is 124 Å². The fourth-order valence-electron chi connectivity index (χ4n) is 13.7. The average molecular weight is 1580 g/mol. The Morgan fingerprint density at radius 3 is 1.56 bits per heavy atom. The number of carbonyl (C=O) groups is 3. The van der Waals surface area contributed by atoms with Gasteiger partial charge in [0.05, 0.1) is 26.3 Å². The summed E-state index contributed by atoms with van der Waals surface area (Å²) in [5, 5.41) is 22.2. The summed E-state index contributed by atoms with van der Waals surface area (Å²) in [4.78, 5) is 65.0. The van der Waals surface area contributed by atoms with Crippen LogP contribution in [0.3, 0.4) is 0 Å². The first-order valence-electron chi connectivity index (χ1n) is 34.6. The van der Waals surface area contributed by atoms with Gasteiger partial charge in [-0.15, -0.1) is 27.8 Å². The Labute approximate surface area is 643 Å². The van der Waals surface area contributed by atoms with Crippen LogP contribution in [-0.4, -0.2) is 175 Å². The molecule has 3 saturated heterocycles. The number of carbonyl (C=O) groups excluding carboxylic acids is 3. The van der Waals surface area contributed by atoms with Crippen LogP contribution in [0.4, 0.5) is 44.5 Å². The molecule has 2 atom stereocenters. The number of sulfonamides is 3. The van der Waals surface area contributed by atoms with Gasteiger partial charge in [0, 0.05) is 160 Å². The van der Waals surface area contributed by atoms with E-state index in [9.17, 15) is 44.9 Å². The minimum Gasteiger partial charge on any atom is -0.369 e. The van der Waals surface area contributed by atoms with E-state index in [2.05, 4.69) is 64.9 Å². The molecule has 9 aromatic rings. The summed E-state index contributed by atoms with van der Waals surface area (Å²) in [6.45, 7) is 15.1. The lowest BCUT2D eigenvalue weighted by molar-refractivity contribution is -0.138. The van der Waals surface area contributed by atoms with Gasteiger partial charge >= 0.3 is 0 Å². The second kappa shape index (κ2) is 34.0. The van der Waals surface area contributed by atoms with Crippen molar-refractivity contribution in [3.05, 3.63) is 207 Å². The van der Waals surface area contributed by atoms with Crippen molar-refractivity contribution in [3.63, 3.8) is 0 Å². The molecule has 106 heavy (non-hydrogen) atoms. The van der Waals surface area contributed by atoms with E-state index in [0.29, 0.717) is 55.1 Å². The van der Waals surface area contributed by atoms with Crippen LogP contribution in [0.2, 0.25) is 10.0 Å². The molecule has 5 aliphatic heterocycles. The molecule has 3 N–H and O–H groups in total. The normalized spacial score (nSPS) is 16.3. The summed E-state index contributed by atoms with van der Waals surface area (Å²) in [5.74, 6) is 0.0621. The lowest BCUT2D eigenvalue weighted by Gasteiger charge is -2.43. The predicted octanol–water partition coefficient (Wildman–Crippen LogP) is 12.0.